The Kier molecular flexibility index (Phi) is 5.49. The van der Waals surface area contributed by atoms with Crippen molar-refractivity contribution in [3.63, 3.8) is 0 Å². The molecule has 4 aromatic rings. The normalized spacial score (nSPS) is 14.6. The number of carboxylic acid groups (broad SMARTS) is 1. The molecular formula is C26H23FN2O2S. The van der Waals surface area contributed by atoms with Gasteiger partial charge < -0.3 is 5.11 Å². The maximum absolute atomic E-state index is 14.9. The number of rotatable bonds is 6. The lowest BCUT2D eigenvalue weighted by atomic mass is 9.99. The first-order valence-corrected chi connectivity index (χ1v) is 11.5. The first-order valence-electron chi connectivity index (χ1n) is 10.6. The second kappa shape index (κ2) is 8.45. The Morgan fingerprint density at radius 3 is 2.66 bits per heavy atom. The van der Waals surface area contributed by atoms with Gasteiger partial charge in [-0.1, -0.05) is 36.4 Å². The number of benzene rings is 3. The third-order valence-electron chi connectivity index (χ3n) is 6.08. The summed E-state index contributed by atoms with van der Waals surface area (Å²) in [7, 11) is 0. The lowest BCUT2D eigenvalue weighted by Gasteiger charge is -2.36. The van der Waals surface area contributed by atoms with Crippen molar-refractivity contribution >= 4 is 27.5 Å². The van der Waals surface area contributed by atoms with E-state index in [0.29, 0.717) is 30.2 Å². The third-order valence-corrected chi connectivity index (χ3v) is 7.15. The molecule has 0 spiro atoms. The smallest absolute Gasteiger partial charge is 0.309 e. The summed E-state index contributed by atoms with van der Waals surface area (Å²) < 4.78 is 15.9. The Bertz CT molecular complexity index is 1310. The molecule has 0 atom stereocenters. The summed E-state index contributed by atoms with van der Waals surface area (Å²) >= 11 is 1.49. The molecule has 162 valence electrons. The molecule has 0 saturated carbocycles. The molecule has 1 fully saturated rings. The first kappa shape index (κ1) is 20.8. The molecule has 1 aliphatic rings. The molecule has 1 N–H and O–H groups in total. The van der Waals surface area contributed by atoms with Gasteiger partial charge >= 0.3 is 5.97 Å². The van der Waals surface area contributed by atoms with Crippen LogP contribution in [-0.4, -0.2) is 34.0 Å². The number of hydrogen-bond donors (Lipinski definition) is 1. The van der Waals surface area contributed by atoms with Crippen LogP contribution >= 0.6 is 11.3 Å². The summed E-state index contributed by atoms with van der Waals surface area (Å²) in [4.78, 5) is 17.7. The molecule has 0 amide bonds. The Hall–Kier alpha value is -3.09. The Balaban J connectivity index is 1.34. The van der Waals surface area contributed by atoms with Gasteiger partial charge in [0.1, 0.15) is 10.8 Å². The SMILES string of the molecule is Cc1ccccc1Cc1ccc2sc(-c3ccc(CN4CC(C(=O)O)C4)cc3F)nc2c1. The highest BCUT2D eigenvalue weighted by Crippen LogP contribution is 2.33. The van der Waals surface area contributed by atoms with E-state index in [-0.39, 0.29) is 11.7 Å². The number of carboxylic acids is 1. The average molecular weight is 447 g/mol. The van der Waals surface area contributed by atoms with Crippen molar-refractivity contribution in [1.29, 1.82) is 0 Å². The van der Waals surface area contributed by atoms with Crippen LogP contribution in [0.5, 0.6) is 0 Å². The Labute approximate surface area is 190 Å². The van der Waals surface area contributed by atoms with Gasteiger partial charge in [-0.2, -0.15) is 0 Å². The molecule has 6 heteroatoms. The van der Waals surface area contributed by atoms with Crippen molar-refractivity contribution in [1.82, 2.24) is 9.88 Å². The van der Waals surface area contributed by atoms with Crippen LogP contribution in [0.2, 0.25) is 0 Å². The number of nitrogens with zero attached hydrogens (tertiary/aromatic N) is 2. The zero-order valence-electron chi connectivity index (χ0n) is 17.7. The van der Waals surface area contributed by atoms with E-state index in [2.05, 4.69) is 43.3 Å². The van der Waals surface area contributed by atoms with Crippen LogP contribution in [0, 0.1) is 18.7 Å². The van der Waals surface area contributed by atoms with Crippen LogP contribution in [0.3, 0.4) is 0 Å². The maximum Gasteiger partial charge on any atom is 0.309 e. The minimum absolute atomic E-state index is 0.294. The Morgan fingerprint density at radius 1 is 1.12 bits per heavy atom. The van der Waals surface area contributed by atoms with Crippen LogP contribution in [0.15, 0.2) is 60.7 Å². The molecule has 1 aromatic heterocycles. The van der Waals surface area contributed by atoms with Crippen molar-refractivity contribution in [2.24, 2.45) is 5.92 Å². The zero-order chi connectivity index (χ0) is 22.2. The van der Waals surface area contributed by atoms with E-state index in [1.807, 2.05) is 17.0 Å². The van der Waals surface area contributed by atoms with E-state index < -0.39 is 5.97 Å². The molecule has 1 saturated heterocycles. The number of aromatic nitrogens is 1. The second-order valence-corrected chi connectivity index (χ2v) is 9.50. The van der Waals surface area contributed by atoms with Gasteiger partial charge in [0.15, 0.2) is 0 Å². The van der Waals surface area contributed by atoms with Crippen LogP contribution < -0.4 is 0 Å². The number of aliphatic carboxylic acids is 1. The third kappa shape index (κ3) is 4.16. The fraction of sp³-hybridized carbons (Fsp3) is 0.231. The number of hydrogen-bond acceptors (Lipinski definition) is 4. The van der Waals surface area contributed by atoms with Gasteiger partial charge in [-0.25, -0.2) is 9.37 Å². The number of fused-ring (bicyclic) bond motifs is 1. The molecule has 32 heavy (non-hydrogen) atoms. The molecule has 4 nitrogen and oxygen atoms in total. The van der Waals surface area contributed by atoms with Gasteiger partial charge in [0, 0.05) is 25.2 Å². The lowest BCUT2D eigenvalue weighted by molar-refractivity contribution is -0.147. The number of aryl methyl sites for hydroxylation is 1. The first-order chi connectivity index (χ1) is 15.5. The monoisotopic (exact) mass is 446 g/mol. The summed E-state index contributed by atoms with van der Waals surface area (Å²) in [5, 5.41) is 9.67. The van der Waals surface area contributed by atoms with Crippen molar-refractivity contribution in [3.8, 4) is 10.6 Å². The van der Waals surface area contributed by atoms with E-state index in [1.165, 1.54) is 28.0 Å². The van der Waals surface area contributed by atoms with Crippen molar-refractivity contribution in [3.05, 3.63) is 88.7 Å². The van der Waals surface area contributed by atoms with Gasteiger partial charge in [0.05, 0.1) is 16.1 Å². The molecule has 0 radical (unpaired) electrons. The summed E-state index contributed by atoms with van der Waals surface area (Å²) in [6, 6.07) is 19.9. The van der Waals surface area contributed by atoms with Gasteiger partial charge in [0.25, 0.3) is 0 Å². The number of thiazole rings is 1. The van der Waals surface area contributed by atoms with E-state index in [0.717, 1.165) is 22.2 Å². The molecular weight excluding hydrogens is 423 g/mol. The van der Waals surface area contributed by atoms with Crippen molar-refractivity contribution in [2.45, 2.75) is 19.9 Å². The van der Waals surface area contributed by atoms with E-state index in [9.17, 15) is 9.18 Å². The predicted octanol–water partition coefficient (Wildman–Crippen LogP) is 5.52. The maximum atomic E-state index is 14.9. The minimum atomic E-state index is -0.763. The van der Waals surface area contributed by atoms with Crippen LogP contribution in [0.25, 0.3) is 20.8 Å². The largest absolute Gasteiger partial charge is 0.481 e. The molecule has 0 aliphatic carbocycles. The lowest BCUT2D eigenvalue weighted by Crippen LogP contribution is -2.49. The summed E-state index contributed by atoms with van der Waals surface area (Å²) in [5.74, 6) is -1.37. The highest BCUT2D eigenvalue weighted by Gasteiger charge is 2.32. The van der Waals surface area contributed by atoms with Crippen LogP contribution in [0.4, 0.5) is 4.39 Å². The van der Waals surface area contributed by atoms with Crippen molar-refractivity contribution in [2.75, 3.05) is 13.1 Å². The molecule has 1 aliphatic heterocycles. The summed E-state index contributed by atoms with van der Waals surface area (Å²) in [6.45, 7) is 3.71. The highest BCUT2D eigenvalue weighted by atomic mass is 32.1. The fourth-order valence-electron chi connectivity index (χ4n) is 4.17. The summed E-state index contributed by atoms with van der Waals surface area (Å²) in [6.07, 6.45) is 0.845. The molecule has 3 aromatic carbocycles. The number of carbonyl (C=O) groups is 1. The molecule has 0 unspecified atom stereocenters. The quantitative estimate of drug-likeness (QED) is 0.424. The number of likely N-dealkylation sites (tertiary alicyclic amines) is 1. The summed E-state index contributed by atoms with van der Waals surface area (Å²) in [5.41, 5.74) is 5.99. The molecule has 5 rings (SSSR count). The average Bonchev–Trinajstić information content (AvgIpc) is 3.15. The predicted molar refractivity (Wildman–Crippen MR) is 125 cm³/mol. The topological polar surface area (TPSA) is 53.4 Å². The minimum Gasteiger partial charge on any atom is -0.481 e. The van der Waals surface area contributed by atoms with Crippen LogP contribution in [-0.2, 0) is 17.8 Å². The molecule has 0 bridgehead atoms. The fourth-order valence-corrected chi connectivity index (χ4v) is 5.14. The Morgan fingerprint density at radius 2 is 1.91 bits per heavy atom. The van der Waals surface area contributed by atoms with Gasteiger partial charge in [-0.3, -0.25) is 9.69 Å². The zero-order valence-corrected chi connectivity index (χ0v) is 18.5. The number of halogens is 1. The van der Waals surface area contributed by atoms with E-state index >= 15 is 0 Å². The second-order valence-electron chi connectivity index (χ2n) is 8.47. The molecule has 2 heterocycles. The van der Waals surface area contributed by atoms with Gasteiger partial charge in [-0.15, -0.1) is 11.3 Å². The van der Waals surface area contributed by atoms with E-state index in [1.54, 1.807) is 12.1 Å². The van der Waals surface area contributed by atoms with Crippen LogP contribution in [0.1, 0.15) is 22.3 Å². The van der Waals surface area contributed by atoms with E-state index in [4.69, 9.17) is 10.1 Å². The highest BCUT2D eigenvalue weighted by molar-refractivity contribution is 7.21. The standard InChI is InChI=1S/C26H23FN2O2S/c1-16-4-2-3-5-19(16)10-17-7-9-24-23(12-17)28-25(32-24)21-8-6-18(11-22(21)27)13-29-14-20(15-29)26(30)31/h2-9,11-12,20H,10,13-15H2,1H3,(H,30,31). The van der Waals surface area contributed by atoms with Gasteiger partial charge in [-0.05, 0) is 59.9 Å². The van der Waals surface area contributed by atoms with Gasteiger partial charge in [0.2, 0.25) is 0 Å². The van der Waals surface area contributed by atoms with Crippen molar-refractivity contribution < 1.29 is 14.3 Å².